The molecule has 6 nitrogen and oxygen atoms in total. The fourth-order valence-corrected chi connectivity index (χ4v) is 5.10. The van der Waals surface area contributed by atoms with Crippen molar-refractivity contribution in [3.05, 3.63) is 87.9 Å². The number of aryl methyl sites for hydroxylation is 1. The molecule has 0 fully saturated rings. The van der Waals surface area contributed by atoms with Crippen LogP contribution in [-0.4, -0.2) is 38.8 Å². The number of rotatable bonds is 9. The average molecular weight is 507 g/mol. The van der Waals surface area contributed by atoms with Gasteiger partial charge >= 0.3 is 0 Å². The smallest absolute Gasteiger partial charge is 0.243 e. The van der Waals surface area contributed by atoms with Crippen molar-refractivity contribution >= 4 is 44.8 Å². The third kappa shape index (κ3) is 6.48. The second-order valence-electron chi connectivity index (χ2n) is 7.38. The highest BCUT2D eigenvalue weighted by molar-refractivity contribution is 7.89. The third-order valence-corrected chi connectivity index (χ3v) is 7.57. The maximum atomic E-state index is 13.4. The van der Waals surface area contributed by atoms with Crippen molar-refractivity contribution in [1.82, 2.24) is 4.31 Å². The van der Waals surface area contributed by atoms with Gasteiger partial charge in [0.15, 0.2) is 0 Å². The molecule has 0 unspecified atom stereocenters. The summed E-state index contributed by atoms with van der Waals surface area (Å²) in [4.78, 5) is 12.7. The van der Waals surface area contributed by atoms with Crippen molar-refractivity contribution in [3.8, 4) is 5.75 Å². The number of halogens is 2. The number of carbonyl (C=O) groups excluding carboxylic acids is 1. The summed E-state index contributed by atoms with van der Waals surface area (Å²) in [5, 5.41) is 3.39. The molecule has 0 bridgehead atoms. The van der Waals surface area contributed by atoms with E-state index in [9.17, 15) is 13.2 Å². The highest BCUT2D eigenvalue weighted by Crippen LogP contribution is 2.28. The van der Waals surface area contributed by atoms with Crippen LogP contribution in [0.5, 0.6) is 5.75 Å². The Morgan fingerprint density at radius 3 is 2.36 bits per heavy atom. The second-order valence-corrected chi connectivity index (χ2v) is 10.1. The van der Waals surface area contributed by atoms with Crippen LogP contribution in [0.25, 0.3) is 0 Å². The predicted molar refractivity (Wildman–Crippen MR) is 132 cm³/mol. The lowest BCUT2D eigenvalue weighted by Gasteiger charge is -2.22. The average Bonchev–Trinajstić information content (AvgIpc) is 2.79. The van der Waals surface area contributed by atoms with E-state index in [0.29, 0.717) is 22.9 Å². The molecule has 3 aromatic rings. The van der Waals surface area contributed by atoms with E-state index in [1.54, 1.807) is 18.2 Å². The SMILES string of the molecule is COc1ccc(S(=O)(=O)N(CCc2ccccc2)CC(=O)Nc2ccc(C)c(Cl)c2)cc1Cl. The molecule has 0 saturated carbocycles. The van der Waals surface area contributed by atoms with Crippen LogP contribution >= 0.6 is 23.2 Å². The van der Waals surface area contributed by atoms with Gasteiger partial charge in [0.25, 0.3) is 0 Å². The molecular formula is C24H24Cl2N2O4S. The monoisotopic (exact) mass is 506 g/mol. The summed E-state index contributed by atoms with van der Waals surface area (Å²) < 4.78 is 33.1. The number of ether oxygens (including phenoxy) is 1. The van der Waals surface area contributed by atoms with Gasteiger partial charge in [-0.3, -0.25) is 4.79 Å². The number of benzene rings is 3. The van der Waals surface area contributed by atoms with Crippen LogP contribution in [-0.2, 0) is 21.2 Å². The summed E-state index contributed by atoms with van der Waals surface area (Å²) in [5.74, 6) is -0.119. The largest absolute Gasteiger partial charge is 0.495 e. The van der Waals surface area contributed by atoms with E-state index in [2.05, 4.69) is 5.32 Å². The summed E-state index contributed by atoms with van der Waals surface area (Å²) in [6.45, 7) is 1.59. The van der Waals surface area contributed by atoms with Gasteiger partial charge in [0, 0.05) is 17.3 Å². The molecule has 0 aliphatic rings. The highest BCUT2D eigenvalue weighted by Gasteiger charge is 2.27. The van der Waals surface area contributed by atoms with Crippen molar-refractivity contribution in [2.45, 2.75) is 18.2 Å². The Balaban J connectivity index is 1.85. The van der Waals surface area contributed by atoms with E-state index in [1.165, 1.54) is 25.3 Å². The summed E-state index contributed by atoms with van der Waals surface area (Å²) in [7, 11) is -2.57. The summed E-state index contributed by atoms with van der Waals surface area (Å²) in [6, 6.07) is 18.8. The van der Waals surface area contributed by atoms with Gasteiger partial charge in [-0.05, 0) is 54.8 Å². The zero-order chi connectivity index (χ0) is 24.0. The minimum Gasteiger partial charge on any atom is -0.495 e. The number of nitrogens with one attached hydrogen (secondary N) is 1. The first-order chi connectivity index (χ1) is 15.7. The molecule has 33 heavy (non-hydrogen) atoms. The topological polar surface area (TPSA) is 75.7 Å². The van der Waals surface area contributed by atoms with Crippen LogP contribution < -0.4 is 10.1 Å². The molecule has 9 heteroatoms. The van der Waals surface area contributed by atoms with E-state index in [0.717, 1.165) is 15.4 Å². The molecule has 0 radical (unpaired) electrons. The molecule has 0 heterocycles. The number of amides is 1. The van der Waals surface area contributed by atoms with Crippen LogP contribution in [0.2, 0.25) is 10.0 Å². The number of anilines is 1. The van der Waals surface area contributed by atoms with Gasteiger partial charge in [-0.25, -0.2) is 8.42 Å². The summed E-state index contributed by atoms with van der Waals surface area (Å²) in [5.41, 5.74) is 2.32. The summed E-state index contributed by atoms with van der Waals surface area (Å²) >= 11 is 12.3. The zero-order valence-electron chi connectivity index (χ0n) is 18.2. The number of methoxy groups -OCH3 is 1. The lowest BCUT2D eigenvalue weighted by atomic mass is 10.1. The predicted octanol–water partition coefficient (Wildman–Crippen LogP) is 5.18. The lowest BCUT2D eigenvalue weighted by Crippen LogP contribution is -2.39. The number of hydrogen-bond acceptors (Lipinski definition) is 4. The quantitative estimate of drug-likeness (QED) is 0.433. The Morgan fingerprint density at radius 1 is 1.00 bits per heavy atom. The molecule has 1 amide bonds. The number of nitrogens with zero attached hydrogens (tertiary/aromatic N) is 1. The first-order valence-corrected chi connectivity index (χ1v) is 12.3. The Bertz CT molecular complexity index is 1230. The third-order valence-electron chi connectivity index (χ3n) is 5.03. The van der Waals surface area contributed by atoms with Crippen LogP contribution in [0.1, 0.15) is 11.1 Å². The number of sulfonamides is 1. The first-order valence-electron chi connectivity index (χ1n) is 10.1. The molecule has 174 valence electrons. The van der Waals surface area contributed by atoms with Gasteiger partial charge in [0.2, 0.25) is 15.9 Å². The maximum Gasteiger partial charge on any atom is 0.243 e. The fraction of sp³-hybridized carbons (Fsp3) is 0.208. The Hall–Kier alpha value is -2.58. The molecule has 0 aliphatic heterocycles. The van der Waals surface area contributed by atoms with Crippen LogP contribution in [0.3, 0.4) is 0 Å². The number of hydrogen-bond donors (Lipinski definition) is 1. The maximum absolute atomic E-state index is 13.4. The van der Waals surface area contributed by atoms with Gasteiger partial charge < -0.3 is 10.1 Å². The molecule has 1 N–H and O–H groups in total. The van der Waals surface area contributed by atoms with Gasteiger partial charge in [-0.1, -0.05) is 59.6 Å². The van der Waals surface area contributed by atoms with Crippen molar-refractivity contribution in [1.29, 1.82) is 0 Å². The Kier molecular flexibility index (Phi) is 8.37. The van der Waals surface area contributed by atoms with Crippen molar-refractivity contribution in [2.75, 3.05) is 25.5 Å². The first kappa shape index (κ1) is 25.1. The van der Waals surface area contributed by atoms with Crippen molar-refractivity contribution in [3.63, 3.8) is 0 Å². The minimum absolute atomic E-state index is 0.0208. The molecule has 0 spiro atoms. The molecule has 0 atom stereocenters. The van der Waals surface area contributed by atoms with E-state index >= 15 is 0 Å². The van der Waals surface area contributed by atoms with E-state index in [1.807, 2.05) is 37.3 Å². The van der Waals surface area contributed by atoms with Crippen LogP contribution in [0.4, 0.5) is 5.69 Å². The second kappa shape index (κ2) is 11.0. The van der Waals surface area contributed by atoms with Crippen LogP contribution in [0, 0.1) is 6.92 Å². The van der Waals surface area contributed by atoms with Crippen LogP contribution in [0.15, 0.2) is 71.6 Å². The fourth-order valence-electron chi connectivity index (χ4n) is 3.17. The normalized spacial score (nSPS) is 11.4. The van der Waals surface area contributed by atoms with E-state index < -0.39 is 15.9 Å². The van der Waals surface area contributed by atoms with Crippen molar-refractivity contribution < 1.29 is 17.9 Å². The Labute approximate surface area is 204 Å². The lowest BCUT2D eigenvalue weighted by molar-refractivity contribution is -0.116. The van der Waals surface area contributed by atoms with Gasteiger partial charge in [-0.15, -0.1) is 0 Å². The van der Waals surface area contributed by atoms with Gasteiger partial charge in [-0.2, -0.15) is 4.31 Å². The standard InChI is InChI=1S/C24H24Cl2N2O4S/c1-17-8-9-19(14-21(17)25)27-24(29)16-28(13-12-18-6-4-3-5-7-18)33(30,31)20-10-11-23(32-2)22(26)15-20/h3-11,14-15H,12-13,16H2,1-2H3,(H,27,29). The number of carbonyl (C=O) groups is 1. The van der Waals surface area contributed by atoms with E-state index in [4.69, 9.17) is 27.9 Å². The molecule has 0 aliphatic carbocycles. The zero-order valence-corrected chi connectivity index (χ0v) is 20.5. The highest BCUT2D eigenvalue weighted by atomic mass is 35.5. The molecule has 3 aromatic carbocycles. The summed E-state index contributed by atoms with van der Waals surface area (Å²) in [6.07, 6.45) is 0.438. The van der Waals surface area contributed by atoms with Gasteiger partial charge in [0.05, 0.1) is 23.6 Å². The molecule has 0 saturated heterocycles. The Morgan fingerprint density at radius 2 is 1.73 bits per heavy atom. The van der Waals surface area contributed by atoms with Gasteiger partial charge in [0.1, 0.15) is 5.75 Å². The molecular weight excluding hydrogens is 483 g/mol. The van der Waals surface area contributed by atoms with Crippen molar-refractivity contribution in [2.24, 2.45) is 0 Å². The minimum atomic E-state index is -4.01. The molecule has 0 aromatic heterocycles. The van der Waals surface area contributed by atoms with E-state index in [-0.39, 0.29) is 23.0 Å². The molecule has 3 rings (SSSR count).